The average molecular weight is 219 g/mol. The highest BCUT2D eigenvalue weighted by molar-refractivity contribution is 7.13. The van der Waals surface area contributed by atoms with E-state index in [0.717, 1.165) is 16.1 Å². The zero-order chi connectivity index (χ0) is 10.7. The van der Waals surface area contributed by atoms with E-state index in [0.29, 0.717) is 0 Å². The van der Waals surface area contributed by atoms with Gasteiger partial charge in [0.2, 0.25) is 0 Å². The first-order chi connectivity index (χ1) is 7.27. The summed E-state index contributed by atoms with van der Waals surface area (Å²) >= 11 is 1.52. The number of carboxylic acid groups (broad SMARTS) is 1. The number of rotatable bonds is 3. The first kappa shape index (κ1) is 9.86. The Hall–Kier alpha value is -1.68. The van der Waals surface area contributed by atoms with Crippen LogP contribution in [0.5, 0.6) is 0 Å². The van der Waals surface area contributed by atoms with Crippen LogP contribution < -0.4 is 0 Å². The van der Waals surface area contributed by atoms with Crippen LogP contribution in [0.15, 0.2) is 35.8 Å². The Morgan fingerprint density at radius 1 is 1.40 bits per heavy atom. The van der Waals surface area contributed by atoms with Crippen LogP contribution in [0.1, 0.15) is 5.56 Å². The van der Waals surface area contributed by atoms with Crippen LogP contribution in [0.25, 0.3) is 10.6 Å². The molecule has 0 aromatic carbocycles. The zero-order valence-corrected chi connectivity index (χ0v) is 8.70. The molecule has 0 fully saturated rings. The van der Waals surface area contributed by atoms with E-state index in [1.54, 1.807) is 6.20 Å². The summed E-state index contributed by atoms with van der Waals surface area (Å²) < 4.78 is 0. The fourth-order valence-electron chi connectivity index (χ4n) is 1.36. The molecule has 0 aliphatic carbocycles. The van der Waals surface area contributed by atoms with Crippen LogP contribution in [0.4, 0.5) is 0 Å². The Morgan fingerprint density at radius 2 is 2.27 bits per heavy atom. The Kier molecular flexibility index (Phi) is 2.78. The molecule has 0 aliphatic heterocycles. The standard InChI is InChI=1S/C11H9NO2S/c13-10(14)7-8-4-6-15-11(8)9-3-1-2-5-12-9/h1-6H,7H2,(H,13,14). The molecule has 2 rings (SSSR count). The molecule has 0 amide bonds. The van der Waals surface area contributed by atoms with Crippen molar-refractivity contribution in [3.8, 4) is 10.6 Å². The average Bonchev–Trinajstić information content (AvgIpc) is 2.66. The lowest BCUT2D eigenvalue weighted by Crippen LogP contribution is -1.99. The van der Waals surface area contributed by atoms with Gasteiger partial charge < -0.3 is 5.11 Å². The predicted molar refractivity (Wildman–Crippen MR) is 58.9 cm³/mol. The van der Waals surface area contributed by atoms with E-state index in [1.165, 1.54) is 11.3 Å². The molecule has 3 nitrogen and oxygen atoms in total. The van der Waals surface area contributed by atoms with Crippen molar-refractivity contribution in [1.82, 2.24) is 4.98 Å². The van der Waals surface area contributed by atoms with Gasteiger partial charge in [0, 0.05) is 6.20 Å². The summed E-state index contributed by atoms with van der Waals surface area (Å²) in [5, 5.41) is 10.6. The summed E-state index contributed by atoms with van der Waals surface area (Å²) in [6.07, 6.45) is 1.76. The van der Waals surface area contributed by atoms with Crippen LogP contribution in [0.2, 0.25) is 0 Å². The van der Waals surface area contributed by atoms with E-state index in [1.807, 2.05) is 29.6 Å². The number of thiophene rings is 1. The Balaban J connectivity index is 2.37. The van der Waals surface area contributed by atoms with Gasteiger partial charge in [-0.15, -0.1) is 11.3 Å². The summed E-state index contributed by atoms with van der Waals surface area (Å²) in [6.45, 7) is 0. The molecule has 0 aliphatic rings. The summed E-state index contributed by atoms with van der Waals surface area (Å²) in [5.74, 6) is -0.814. The van der Waals surface area contributed by atoms with Gasteiger partial charge in [0.05, 0.1) is 17.0 Å². The maximum Gasteiger partial charge on any atom is 0.307 e. The minimum atomic E-state index is -0.814. The number of aliphatic carboxylic acids is 1. The van der Waals surface area contributed by atoms with Crippen molar-refractivity contribution in [3.05, 3.63) is 41.4 Å². The molecule has 2 aromatic rings. The van der Waals surface area contributed by atoms with E-state index >= 15 is 0 Å². The third-order valence-electron chi connectivity index (χ3n) is 1.99. The number of carboxylic acids is 1. The van der Waals surface area contributed by atoms with E-state index in [4.69, 9.17) is 5.11 Å². The number of pyridine rings is 1. The molecule has 0 radical (unpaired) electrons. The molecular formula is C11H9NO2S. The second-order valence-corrected chi connectivity index (χ2v) is 3.98. The van der Waals surface area contributed by atoms with Gasteiger partial charge in [-0.1, -0.05) is 6.07 Å². The van der Waals surface area contributed by atoms with Crippen molar-refractivity contribution >= 4 is 17.3 Å². The third kappa shape index (κ3) is 2.22. The van der Waals surface area contributed by atoms with E-state index in [-0.39, 0.29) is 6.42 Å². The van der Waals surface area contributed by atoms with Crippen molar-refractivity contribution in [2.24, 2.45) is 0 Å². The summed E-state index contributed by atoms with van der Waals surface area (Å²) in [6, 6.07) is 7.46. The van der Waals surface area contributed by atoms with Crippen LogP contribution >= 0.6 is 11.3 Å². The van der Waals surface area contributed by atoms with Crippen LogP contribution in [0.3, 0.4) is 0 Å². The molecule has 0 atom stereocenters. The van der Waals surface area contributed by atoms with E-state index in [2.05, 4.69) is 4.98 Å². The highest BCUT2D eigenvalue weighted by atomic mass is 32.1. The first-order valence-corrected chi connectivity index (χ1v) is 5.35. The van der Waals surface area contributed by atoms with Crippen LogP contribution in [-0.4, -0.2) is 16.1 Å². The molecule has 4 heteroatoms. The maximum atomic E-state index is 10.6. The van der Waals surface area contributed by atoms with Crippen molar-refractivity contribution in [2.75, 3.05) is 0 Å². The van der Waals surface area contributed by atoms with Crippen LogP contribution in [0, 0.1) is 0 Å². The molecule has 76 valence electrons. The number of hydrogen-bond acceptors (Lipinski definition) is 3. The molecule has 0 saturated carbocycles. The number of carbonyl (C=O) groups is 1. The largest absolute Gasteiger partial charge is 0.481 e. The molecule has 0 saturated heterocycles. The van der Waals surface area contributed by atoms with Crippen LogP contribution in [-0.2, 0) is 11.2 Å². The Labute approximate surface area is 91.0 Å². The molecule has 0 bridgehead atoms. The normalized spacial score (nSPS) is 10.1. The zero-order valence-electron chi connectivity index (χ0n) is 7.88. The van der Waals surface area contributed by atoms with Crippen molar-refractivity contribution in [2.45, 2.75) is 6.42 Å². The monoisotopic (exact) mass is 219 g/mol. The molecule has 2 aromatic heterocycles. The van der Waals surface area contributed by atoms with E-state index in [9.17, 15) is 4.79 Å². The lowest BCUT2D eigenvalue weighted by molar-refractivity contribution is -0.136. The van der Waals surface area contributed by atoms with Gasteiger partial charge in [-0.25, -0.2) is 0 Å². The van der Waals surface area contributed by atoms with Gasteiger partial charge in [0.15, 0.2) is 0 Å². The fourth-order valence-corrected chi connectivity index (χ4v) is 2.26. The summed E-state index contributed by atoms with van der Waals surface area (Å²) in [5.41, 5.74) is 1.66. The van der Waals surface area contributed by atoms with Crippen molar-refractivity contribution < 1.29 is 9.90 Å². The molecular weight excluding hydrogens is 210 g/mol. The highest BCUT2D eigenvalue weighted by Crippen LogP contribution is 2.27. The summed E-state index contributed by atoms with van der Waals surface area (Å²) in [7, 11) is 0. The quantitative estimate of drug-likeness (QED) is 0.862. The van der Waals surface area contributed by atoms with Gasteiger partial charge in [-0.3, -0.25) is 9.78 Å². The number of nitrogens with zero attached hydrogens (tertiary/aromatic N) is 1. The lowest BCUT2D eigenvalue weighted by atomic mass is 10.1. The molecule has 1 N–H and O–H groups in total. The third-order valence-corrected chi connectivity index (χ3v) is 2.97. The first-order valence-electron chi connectivity index (χ1n) is 4.47. The number of hydrogen-bond donors (Lipinski definition) is 1. The van der Waals surface area contributed by atoms with Gasteiger partial charge in [-0.05, 0) is 29.1 Å². The minimum absolute atomic E-state index is 0.0510. The molecule has 0 spiro atoms. The SMILES string of the molecule is O=C(O)Cc1ccsc1-c1ccccn1. The minimum Gasteiger partial charge on any atom is -0.481 e. The van der Waals surface area contributed by atoms with Gasteiger partial charge >= 0.3 is 5.97 Å². The molecule has 15 heavy (non-hydrogen) atoms. The van der Waals surface area contributed by atoms with Crippen molar-refractivity contribution in [3.63, 3.8) is 0 Å². The lowest BCUT2D eigenvalue weighted by Gasteiger charge is -1.99. The maximum absolute atomic E-state index is 10.6. The topological polar surface area (TPSA) is 50.2 Å². The van der Waals surface area contributed by atoms with E-state index < -0.39 is 5.97 Å². The smallest absolute Gasteiger partial charge is 0.307 e. The Bertz CT molecular complexity index is 464. The van der Waals surface area contributed by atoms with Gasteiger partial charge in [-0.2, -0.15) is 0 Å². The summed E-state index contributed by atoms with van der Waals surface area (Å²) in [4.78, 5) is 15.8. The molecule has 2 heterocycles. The predicted octanol–water partition coefficient (Wildman–Crippen LogP) is 2.44. The second-order valence-electron chi connectivity index (χ2n) is 3.06. The highest BCUT2D eigenvalue weighted by Gasteiger charge is 2.10. The van der Waals surface area contributed by atoms with Crippen molar-refractivity contribution in [1.29, 1.82) is 0 Å². The molecule has 0 unspecified atom stereocenters. The van der Waals surface area contributed by atoms with Gasteiger partial charge in [0.25, 0.3) is 0 Å². The van der Waals surface area contributed by atoms with Gasteiger partial charge in [0.1, 0.15) is 0 Å². The number of aromatic nitrogens is 1. The Morgan fingerprint density at radius 3 is 2.93 bits per heavy atom. The fraction of sp³-hybridized carbons (Fsp3) is 0.0909. The second kappa shape index (κ2) is 4.23.